The van der Waals surface area contributed by atoms with Crippen LogP contribution in [-0.2, 0) is 6.61 Å². The van der Waals surface area contributed by atoms with E-state index in [1.54, 1.807) is 18.3 Å². The predicted molar refractivity (Wildman–Crippen MR) is 117 cm³/mol. The molecule has 3 rings (SSSR count). The van der Waals surface area contributed by atoms with E-state index in [0.29, 0.717) is 41.7 Å². The summed E-state index contributed by atoms with van der Waals surface area (Å²) in [5.74, 6) is 2.83. The maximum absolute atomic E-state index is 12.9. The van der Waals surface area contributed by atoms with Gasteiger partial charge in [-0.3, -0.25) is 4.79 Å². The first kappa shape index (κ1) is 21.4. The number of aromatic nitrogens is 1. The molecule has 4 heteroatoms. The zero-order chi connectivity index (χ0) is 20.8. The Morgan fingerprint density at radius 1 is 0.966 bits per heavy atom. The van der Waals surface area contributed by atoms with Gasteiger partial charge < -0.3 is 10.1 Å². The Hall–Kier alpha value is -2.36. The van der Waals surface area contributed by atoms with E-state index in [9.17, 15) is 4.79 Å². The molecule has 2 aromatic rings. The molecule has 1 aromatic heterocycles. The third-order valence-corrected chi connectivity index (χ3v) is 6.10. The number of nitrogens with zero attached hydrogens (tertiary/aromatic N) is 1. The standard InChI is InChI=1S/C25H34N2O2/c1-17-12-18(2)14-20(4)24(19(3)13-17)27-25(28)22-10-11-23(26-15-22)29-16-21-8-6-5-7-9-21/h5-11,15,17-20,24H,12-14,16H2,1-4H3,(H,27,28). The molecule has 1 saturated carbocycles. The zero-order valence-electron chi connectivity index (χ0n) is 18.1. The third-order valence-electron chi connectivity index (χ3n) is 6.10. The molecule has 0 spiro atoms. The Labute approximate surface area is 175 Å². The van der Waals surface area contributed by atoms with Gasteiger partial charge in [0, 0.05) is 18.3 Å². The Kier molecular flexibility index (Phi) is 7.29. The van der Waals surface area contributed by atoms with Gasteiger partial charge >= 0.3 is 0 Å². The molecule has 1 amide bonds. The summed E-state index contributed by atoms with van der Waals surface area (Å²) in [5.41, 5.74) is 1.67. The summed E-state index contributed by atoms with van der Waals surface area (Å²) in [6.07, 6.45) is 5.21. The van der Waals surface area contributed by atoms with Crippen LogP contribution < -0.4 is 10.1 Å². The summed E-state index contributed by atoms with van der Waals surface area (Å²) >= 11 is 0. The monoisotopic (exact) mass is 394 g/mol. The lowest BCUT2D eigenvalue weighted by molar-refractivity contribution is 0.0872. The number of nitrogens with one attached hydrogen (secondary N) is 1. The van der Waals surface area contributed by atoms with E-state index < -0.39 is 0 Å². The van der Waals surface area contributed by atoms with Crippen molar-refractivity contribution in [2.45, 2.75) is 59.6 Å². The van der Waals surface area contributed by atoms with E-state index in [4.69, 9.17) is 4.74 Å². The van der Waals surface area contributed by atoms with Crippen LogP contribution in [0.15, 0.2) is 48.7 Å². The highest BCUT2D eigenvalue weighted by Crippen LogP contribution is 2.33. The highest BCUT2D eigenvalue weighted by atomic mass is 16.5. The summed E-state index contributed by atoms with van der Waals surface area (Å²) in [7, 11) is 0. The number of ether oxygens (including phenoxy) is 1. The number of amides is 1. The number of benzene rings is 1. The van der Waals surface area contributed by atoms with Crippen molar-refractivity contribution >= 4 is 5.91 Å². The van der Waals surface area contributed by atoms with Gasteiger partial charge in [0.1, 0.15) is 6.61 Å². The Balaban J connectivity index is 1.60. The molecule has 4 nitrogen and oxygen atoms in total. The average molecular weight is 395 g/mol. The third kappa shape index (κ3) is 6.06. The molecule has 0 bridgehead atoms. The fraction of sp³-hybridized carbons (Fsp3) is 0.520. The molecule has 1 aromatic carbocycles. The van der Waals surface area contributed by atoms with Crippen molar-refractivity contribution in [1.29, 1.82) is 0 Å². The Morgan fingerprint density at radius 3 is 2.21 bits per heavy atom. The van der Waals surface area contributed by atoms with Crippen LogP contribution in [0.25, 0.3) is 0 Å². The van der Waals surface area contributed by atoms with Crippen LogP contribution in [0.1, 0.15) is 62.9 Å². The van der Waals surface area contributed by atoms with Gasteiger partial charge in [0.25, 0.3) is 5.91 Å². The van der Waals surface area contributed by atoms with Gasteiger partial charge in [-0.25, -0.2) is 4.98 Å². The van der Waals surface area contributed by atoms with Crippen LogP contribution >= 0.6 is 0 Å². The fourth-order valence-electron chi connectivity index (χ4n) is 4.85. The lowest BCUT2D eigenvalue weighted by Crippen LogP contribution is -2.45. The maximum atomic E-state index is 12.9. The molecule has 4 unspecified atom stereocenters. The number of hydrogen-bond donors (Lipinski definition) is 1. The molecular formula is C25H34N2O2. The SMILES string of the molecule is CC1CC(C)CC(C)C(NC(=O)c2ccc(OCc3ccccc3)nc2)C(C)C1. The minimum absolute atomic E-state index is 0.0447. The number of carbonyl (C=O) groups is 1. The Morgan fingerprint density at radius 2 is 1.62 bits per heavy atom. The molecule has 1 aliphatic rings. The minimum atomic E-state index is -0.0447. The molecule has 156 valence electrons. The van der Waals surface area contributed by atoms with Crippen molar-refractivity contribution in [3.63, 3.8) is 0 Å². The summed E-state index contributed by atoms with van der Waals surface area (Å²) in [6, 6.07) is 13.7. The van der Waals surface area contributed by atoms with E-state index in [2.05, 4.69) is 38.0 Å². The van der Waals surface area contributed by atoms with Crippen molar-refractivity contribution in [2.75, 3.05) is 0 Å². The molecular weight excluding hydrogens is 360 g/mol. The van der Waals surface area contributed by atoms with Crippen LogP contribution in [0.4, 0.5) is 0 Å². The summed E-state index contributed by atoms with van der Waals surface area (Å²) in [6.45, 7) is 9.67. The molecule has 29 heavy (non-hydrogen) atoms. The predicted octanol–water partition coefficient (Wildman–Crippen LogP) is 5.49. The van der Waals surface area contributed by atoms with Crippen LogP contribution in [0.5, 0.6) is 5.88 Å². The first-order chi connectivity index (χ1) is 13.9. The summed E-state index contributed by atoms with van der Waals surface area (Å²) in [5, 5.41) is 3.30. The van der Waals surface area contributed by atoms with Gasteiger partial charge in [-0.05, 0) is 54.6 Å². The molecule has 4 atom stereocenters. The number of hydrogen-bond acceptors (Lipinski definition) is 3. The second kappa shape index (κ2) is 9.91. The fourth-order valence-corrected chi connectivity index (χ4v) is 4.85. The zero-order valence-corrected chi connectivity index (χ0v) is 18.1. The van der Waals surface area contributed by atoms with E-state index in [0.717, 1.165) is 18.4 Å². The topological polar surface area (TPSA) is 51.2 Å². The van der Waals surface area contributed by atoms with Crippen LogP contribution in [0.3, 0.4) is 0 Å². The van der Waals surface area contributed by atoms with Crippen LogP contribution in [0.2, 0.25) is 0 Å². The number of rotatable bonds is 5. The normalized spacial score (nSPS) is 27.5. The summed E-state index contributed by atoms with van der Waals surface area (Å²) in [4.78, 5) is 17.2. The molecule has 1 heterocycles. The van der Waals surface area contributed by atoms with Crippen LogP contribution in [0, 0.1) is 23.7 Å². The molecule has 0 radical (unpaired) electrons. The first-order valence-electron chi connectivity index (χ1n) is 10.9. The van der Waals surface area contributed by atoms with Crippen molar-refractivity contribution in [3.05, 3.63) is 59.8 Å². The number of pyridine rings is 1. The van der Waals surface area contributed by atoms with Gasteiger partial charge in [0.2, 0.25) is 5.88 Å². The van der Waals surface area contributed by atoms with Crippen LogP contribution in [-0.4, -0.2) is 16.9 Å². The van der Waals surface area contributed by atoms with E-state index >= 15 is 0 Å². The molecule has 0 aliphatic heterocycles. The van der Waals surface area contributed by atoms with Gasteiger partial charge in [-0.15, -0.1) is 0 Å². The van der Waals surface area contributed by atoms with E-state index in [-0.39, 0.29) is 11.9 Å². The highest BCUT2D eigenvalue weighted by Gasteiger charge is 2.31. The Bertz CT molecular complexity index is 759. The average Bonchev–Trinajstić information content (AvgIpc) is 2.70. The van der Waals surface area contributed by atoms with Gasteiger partial charge in [-0.2, -0.15) is 0 Å². The van der Waals surface area contributed by atoms with Crippen molar-refractivity contribution in [3.8, 4) is 5.88 Å². The maximum Gasteiger partial charge on any atom is 0.253 e. The van der Waals surface area contributed by atoms with E-state index in [1.165, 1.54) is 6.42 Å². The molecule has 1 fully saturated rings. The second-order valence-electron chi connectivity index (χ2n) is 9.03. The smallest absolute Gasteiger partial charge is 0.253 e. The molecule has 0 saturated heterocycles. The van der Waals surface area contributed by atoms with Gasteiger partial charge in [0.05, 0.1) is 5.56 Å². The largest absolute Gasteiger partial charge is 0.473 e. The molecule has 1 aliphatic carbocycles. The summed E-state index contributed by atoms with van der Waals surface area (Å²) < 4.78 is 5.72. The van der Waals surface area contributed by atoms with Crippen molar-refractivity contribution in [1.82, 2.24) is 10.3 Å². The number of carbonyl (C=O) groups excluding carboxylic acids is 1. The highest BCUT2D eigenvalue weighted by molar-refractivity contribution is 5.94. The van der Waals surface area contributed by atoms with E-state index in [1.807, 2.05) is 30.3 Å². The second-order valence-corrected chi connectivity index (χ2v) is 9.03. The quantitative estimate of drug-likeness (QED) is 0.730. The van der Waals surface area contributed by atoms with Crippen molar-refractivity contribution in [2.24, 2.45) is 23.7 Å². The lowest BCUT2D eigenvalue weighted by Gasteiger charge is -2.36. The lowest BCUT2D eigenvalue weighted by atomic mass is 9.74. The van der Waals surface area contributed by atoms with Gasteiger partial charge in [-0.1, -0.05) is 58.0 Å². The first-order valence-corrected chi connectivity index (χ1v) is 10.9. The minimum Gasteiger partial charge on any atom is -0.473 e. The van der Waals surface area contributed by atoms with Crippen molar-refractivity contribution < 1.29 is 9.53 Å². The molecule has 1 N–H and O–H groups in total. The van der Waals surface area contributed by atoms with Gasteiger partial charge in [0.15, 0.2) is 0 Å².